The van der Waals surface area contributed by atoms with Crippen LogP contribution in [0.2, 0.25) is 10.0 Å². The van der Waals surface area contributed by atoms with Crippen LogP contribution in [-0.4, -0.2) is 13.2 Å². The Morgan fingerprint density at radius 3 is 2.35 bits per heavy atom. The zero-order valence-electron chi connectivity index (χ0n) is 11.3. The van der Waals surface area contributed by atoms with E-state index in [0.717, 1.165) is 24.2 Å². The zero-order chi connectivity index (χ0) is 14.5. The predicted molar refractivity (Wildman–Crippen MR) is 84.8 cm³/mol. The van der Waals surface area contributed by atoms with Crippen LogP contribution in [0.15, 0.2) is 42.5 Å². The molecular weight excluding hydrogens is 293 g/mol. The molecule has 20 heavy (non-hydrogen) atoms. The fraction of sp³-hybridized carbons (Fsp3) is 0.250. The third kappa shape index (κ3) is 4.14. The molecule has 2 aromatic rings. The predicted octanol–water partition coefficient (Wildman–Crippen LogP) is 4.11. The van der Waals surface area contributed by atoms with Crippen molar-refractivity contribution in [3.63, 3.8) is 0 Å². The molecule has 2 rings (SSSR count). The van der Waals surface area contributed by atoms with Gasteiger partial charge < -0.3 is 10.5 Å². The molecule has 0 heterocycles. The minimum Gasteiger partial charge on any atom is -0.497 e. The standard InChI is InChI=1S/C16H17Cl2NO/c1-20-15-6-2-11(3-7-15)8-14(19)9-12-4-5-13(17)10-16(12)18/h2-7,10,14H,8-9,19H2,1H3. The summed E-state index contributed by atoms with van der Waals surface area (Å²) in [5.74, 6) is 0.850. The number of methoxy groups -OCH3 is 1. The Morgan fingerprint density at radius 1 is 1.05 bits per heavy atom. The topological polar surface area (TPSA) is 35.2 Å². The first-order chi connectivity index (χ1) is 9.58. The first-order valence-electron chi connectivity index (χ1n) is 6.41. The average molecular weight is 310 g/mol. The number of ether oxygens (including phenoxy) is 1. The maximum atomic E-state index is 6.19. The number of halogens is 2. The lowest BCUT2D eigenvalue weighted by Gasteiger charge is -2.13. The molecule has 0 amide bonds. The molecule has 0 spiro atoms. The quantitative estimate of drug-likeness (QED) is 0.902. The molecular formula is C16H17Cl2NO. The molecule has 0 radical (unpaired) electrons. The highest BCUT2D eigenvalue weighted by Crippen LogP contribution is 2.22. The van der Waals surface area contributed by atoms with Gasteiger partial charge in [-0.05, 0) is 48.2 Å². The highest BCUT2D eigenvalue weighted by Gasteiger charge is 2.09. The first kappa shape index (κ1) is 15.2. The maximum Gasteiger partial charge on any atom is 0.118 e. The fourth-order valence-electron chi connectivity index (χ4n) is 2.11. The summed E-state index contributed by atoms with van der Waals surface area (Å²) in [5, 5.41) is 1.31. The monoisotopic (exact) mass is 309 g/mol. The van der Waals surface area contributed by atoms with Gasteiger partial charge in [-0.15, -0.1) is 0 Å². The van der Waals surface area contributed by atoms with E-state index in [4.69, 9.17) is 33.7 Å². The molecule has 0 aliphatic rings. The SMILES string of the molecule is COc1ccc(CC(N)Cc2ccc(Cl)cc2Cl)cc1. The Bertz CT molecular complexity index is 569. The van der Waals surface area contributed by atoms with Gasteiger partial charge in [0.15, 0.2) is 0 Å². The molecule has 106 valence electrons. The summed E-state index contributed by atoms with van der Waals surface area (Å²) in [6.07, 6.45) is 1.52. The van der Waals surface area contributed by atoms with Crippen molar-refractivity contribution in [2.45, 2.75) is 18.9 Å². The molecule has 4 heteroatoms. The smallest absolute Gasteiger partial charge is 0.118 e. The summed E-state index contributed by atoms with van der Waals surface area (Å²) in [6.45, 7) is 0. The van der Waals surface area contributed by atoms with E-state index in [9.17, 15) is 0 Å². The minimum absolute atomic E-state index is 0.0158. The molecule has 0 bridgehead atoms. The molecule has 0 saturated carbocycles. The largest absolute Gasteiger partial charge is 0.497 e. The van der Waals surface area contributed by atoms with E-state index in [1.807, 2.05) is 36.4 Å². The summed E-state index contributed by atoms with van der Waals surface area (Å²) >= 11 is 12.0. The number of hydrogen-bond acceptors (Lipinski definition) is 2. The zero-order valence-corrected chi connectivity index (χ0v) is 12.8. The van der Waals surface area contributed by atoms with Gasteiger partial charge in [-0.1, -0.05) is 41.4 Å². The Kier molecular flexibility index (Phi) is 5.30. The maximum absolute atomic E-state index is 6.19. The van der Waals surface area contributed by atoms with Crippen LogP contribution in [0.3, 0.4) is 0 Å². The van der Waals surface area contributed by atoms with E-state index in [2.05, 4.69) is 0 Å². The van der Waals surface area contributed by atoms with Crippen molar-refractivity contribution >= 4 is 23.2 Å². The second-order valence-electron chi connectivity index (χ2n) is 4.75. The molecule has 0 fully saturated rings. The minimum atomic E-state index is 0.0158. The van der Waals surface area contributed by atoms with Crippen LogP contribution in [0.25, 0.3) is 0 Å². The molecule has 0 aromatic heterocycles. The summed E-state index contributed by atoms with van der Waals surface area (Å²) in [6, 6.07) is 13.5. The van der Waals surface area contributed by atoms with Crippen LogP contribution in [-0.2, 0) is 12.8 Å². The van der Waals surface area contributed by atoms with Gasteiger partial charge in [0.1, 0.15) is 5.75 Å². The summed E-state index contributed by atoms with van der Waals surface area (Å²) in [4.78, 5) is 0. The van der Waals surface area contributed by atoms with Crippen molar-refractivity contribution < 1.29 is 4.74 Å². The Balaban J connectivity index is 1.99. The van der Waals surface area contributed by atoms with Crippen molar-refractivity contribution in [3.05, 3.63) is 63.6 Å². The van der Waals surface area contributed by atoms with Gasteiger partial charge in [-0.3, -0.25) is 0 Å². The van der Waals surface area contributed by atoms with Crippen molar-refractivity contribution in [2.24, 2.45) is 5.73 Å². The third-order valence-electron chi connectivity index (χ3n) is 3.15. The van der Waals surface area contributed by atoms with E-state index >= 15 is 0 Å². The van der Waals surface area contributed by atoms with Crippen LogP contribution in [0.1, 0.15) is 11.1 Å². The van der Waals surface area contributed by atoms with Crippen molar-refractivity contribution in [3.8, 4) is 5.75 Å². The van der Waals surface area contributed by atoms with Gasteiger partial charge in [0.05, 0.1) is 7.11 Å². The van der Waals surface area contributed by atoms with E-state index in [1.54, 1.807) is 13.2 Å². The molecule has 2 N–H and O–H groups in total. The second-order valence-corrected chi connectivity index (χ2v) is 5.60. The number of rotatable bonds is 5. The van der Waals surface area contributed by atoms with Crippen molar-refractivity contribution in [1.82, 2.24) is 0 Å². The highest BCUT2D eigenvalue weighted by molar-refractivity contribution is 6.35. The molecule has 0 aliphatic heterocycles. The van der Waals surface area contributed by atoms with Crippen LogP contribution in [0, 0.1) is 0 Å². The second kappa shape index (κ2) is 6.98. The molecule has 0 saturated heterocycles. The van der Waals surface area contributed by atoms with Gasteiger partial charge in [-0.25, -0.2) is 0 Å². The van der Waals surface area contributed by atoms with Crippen LogP contribution in [0.5, 0.6) is 5.75 Å². The van der Waals surface area contributed by atoms with Gasteiger partial charge in [0.25, 0.3) is 0 Å². The summed E-state index contributed by atoms with van der Waals surface area (Å²) in [7, 11) is 1.66. The fourth-order valence-corrected chi connectivity index (χ4v) is 2.59. The Morgan fingerprint density at radius 2 is 1.75 bits per heavy atom. The number of benzene rings is 2. The van der Waals surface area contributed by atoms with E-state index in [0.29, 0.717) is 10.0 Å². The lowest BCUT2D eigenvalue weighted by molar-refractivity contribution is 0.414. The lowest BCUT2D eigenvalue weighted by atomic mass is 10.00. The van der Waals surface area contributed by atoms with Crippen molar-refractivity contribution in [1.29, 1.82) is 0 Å². The normalized spacial score (nSPS) is 12.2. The van der Waals surface area contributed by atoms with Crippen LogP contribution in [0.4, 0.5) is 0 Å². The Hall–Kier alpha value is -1.22. The molecule has 2 nitrogen and oxygen atoms in total. The Labute approximate surface area is 129 Å². The third-order valence-corrected chi connectivity index (χ3v) is 3.74. The van der Waals surface area contributed by atoms with Gasteiger partial charge in [-0.2, -0.15) is 0 Å². The van der Waals surface area contributed by atoms with Crippen LogP contribution < -0.4 is 10.5 Å². The average Bonchev–Trinajstić information content (AvgIpc) is 2.43. The molecule has 2 aromatic carbocycles. The lowest BCUT2D eigenvalue weighted by Crippen LogP contribution is -2.25. The van der Waals surface area contributed by atoms with E-state index < -0.39 is 0 Å². The molecule has 1 unspecified atom stereocenters. The first-order valence-corrected chi connectivity index (χ1v) is 7.16. The van der Waals surface area contributed by atoms with E-state index in [-0.39, 0.29) is 6.04 Å². The van der Waals surface area contributed by atoms with Gasteiger partial charge in [0, 0.05) is 16.1 Å². The highest BCUT2D eigenvalue weighted by atomic mass is 35.5. The molecule has 1 atom stereocenters. The summed E-state index contributed by atoms with van der Waals surface area (Å²) < 4.78 is 5.14. The summed E-state index contributed by atoms with van der Waals surface area (Å²) in [5.41, 5.74) is 8.40. The number of nitrogens with two attached hydrogens (primary N) is 1. The molecule has 0 aliphatic carbocycles. The van der Waals surface area contributed by atoms with Crippen molar-refractivity contribution in [2.75, 3.05) is 7.11 Å². The van der Waals surface area contributed by atoms with Gasteiger partial charge >= 0.3 is 0 Å². The van der Waals surface area contributed by atoms with Gasteiger partial charge in [0.2, 0.25) is 0 Å². The number of hydrogen-bond donors (Lipinski definition) is 1. The van der Waals surface area contributed by atoms with Crippen LogP contribution >= 0.6 is 23.2 Å². The van der Waals surface area contributed by atoms with E-state index in [1.165, 1.54) is 5.56 Å².